The van der Waals surface area contributed by atoms with Gasteiger partial charge in [-0.25, -0.2) is 0 Å². The van der Waals surface area contributed by atoms with Crippen LogP contribution in [0.2, 0.25) is 0 Å². The van der Waals surface area contributed by atoms with Crippen molar-refractivity contribution in [3.63, 3.8) is 0 Å². The third-order valence-electron chi connectivity index (χ3n) is 6.45. The Morgan fingerprint density at radius 2 is 1.88 bits per heavy atom. The van der Waals surface area contributed by atoms with E-state index in [1.807, 2.05) is 4.90 Å². The molecule has 0 aromatic heterocycles. The van der Waals surface area contributed by atoms with E-state index < -0.39 is 0 Å². The van der Waals surface area contributed by atoms with Crippen molar-refractivity contribution in [1.29, 1.82) is 0 Å². The number of hydrogen-bond acceptors (Lipinski definition) is 4. The standard InChI is InChI=1S/C20H35N3O2/c1-16-5-4-6-17(2)19(16)15-21-7-9-22(10-8-21)18(3)20(24)23-11-13-25-14-12-23/h5,17-19H,4,6-15H2,1-3H3/t17-,18-,19-/m0/s1. The third kappa shape index (κ3) is 4.63. The molecule has 0 saturated carbocycles. The second kappa shape index (κ2) is 8.65. The van der Waals surface area contributed by atoms with Gasteiger partial charge in [0.05, 0.1) is 19.3 Å². The van der Waals surface area contributed by atoms with E-state index >= 15 is 0 Å². The van der Waals surface area contributed by atoms with Gasteiger partial charge in [-0.3, -0.25) is 9.69 Å². The fraction of sp³-hybridized carbons (Fsp3) is 0.850. The Morgan fingerprint density at radius 1 is 1.20 bits per heavy atom. The van der Waals surface area contributed by atoms with Gasteiger partial charge >= 0.3 is 0 Å². The smallest absolute Gasteiger partial charge is 0.239 e. The van der Waals surface area contributed by atoms with Crippen LogP contribution in [-0.2, 0) is 9.53 Å². The molecule has 3 aliphatic rings. The molecule has 2 fully saturated rings. The molecule has 5 nitrogen and oxygen atoms in total. The van der Waals surface area contributed by atoms with Crippen LogP contribution in [0.15, 0.2) is 11.6 Å². The molecule has 25 heavy (non-hydrogen) atoms. The maximum Gasteiger partial charge on any atom is 0.239 e. The van der Waals surface area contributed by atoms with Crippen LogP contribution in [0.25, 0.3) is 0 Å². The summed E-state index contributed by atoms with van der Waals surface area (Å²) in [5, 5.41) is 0. The lowest BCUT2D eigenvalue weighted by Crippen LogP contribution is -2.56. The summed E-state index contributed by atoms with van der Waals surface area (Å²) in [6, 6.07) is -0.00418. The zero-order valence-corrected chi connectivity index (χ0v) is 16.2. The Bertz CT molecular complexity index is 479. The van der Waals surface area contributed by atoms with E-state index in [2.05, 4.69) is 36.6 Å². The van der Waals surface area contributed by atoms with Gasteiger partial charge in [-0.05, 0) is 38.5 Å². The monoisotopic (exact) mass is 349 g/mol. The number of carbonyl (C=O) groups excluding carboxylic acids is 1. The summed E-state index contributed by atoms with van der Waals surface area (Å²) < 4.78 is 5.36. The van der Waals surface area contributed by atoms with Crippen LogP contribution >= 0.6 is 0 Å². The molecule has 1 aliphatic carbocycles. The molecule has 0 spiro atoms. The van der Waals surface area contributed by atoms with Crippen LogP contribution in [0.4, 0.5) is 0 Å². The van der Waals surface area contributed by atoms with Gasteiger partial charge in [-0.1, -0.05) is 18.6 Å². The maximum atomic E-state index is 12.7. The van der Waals surface area contributed by atoms with Crippen molar-refractivity contribution in [2.24, 2.45) is 11.8 Å². The highest BCUT2D eigenvalue weighted by molar-refractivity contribution is 5.81. The van der Waals surface area contributed by atoms with Crippen molar-refractivity contribution in [2.75, 3.05) is 59.0 Å². The Balaban J connectivity index is 1.47. The average molecular weight is 350 g/mol. The largest absolute Gasteiger partial charge is 0.378 e. The molecule has 0 unspecified atom stereocenters. The van der Waals surface area contributed by atoms with Gasteiger partial charge < -0.3 is 14.5 Å². The van der Waals surface area contributed by atoms with Gasteiger partial charge in [0.25, 0.3) is 0 Å². The average Bonchev–Trinajstić information content (AvgIpc) is 2.65. The quantitative estimate of drug-likeness (QED) is 0.726. The zero-order valence-electron chi connectivity index (χ0n) is 16.2. The van der Waals surface area contributed by atoms with Gasteiger partial charge in [0, 0.05) is 45.8 Å². The highest BCUT2D eigenvalue weighted by Crippen LogP contribution is 2.31. The number of morpholine rings is 1. The number of ether oxygens (including phenoxy) is 1. The zero-order chi connectivity index (χ0) is 17.8. The van der Waals surface area contributed by atoms with Crippen LogP contribution in [0, 0.1) is 11.8 Å². The second-order valence-corrected chi connectivity index (χ2v) is 8.06. The second-order valence-electron chi connectivity index (χ2n) is 8.06. The molecule has 2 heterocycles. The summed E-state index contributed by atoms with van der Waals surface area (Å²) in [6.07, 6.45) is 5.01. The first kappa shape index (κ1) is 18.9. The van der Waals surface area contributed by atoms with Crippen LogP contribution in [0.1, 0.15) is 33.6 Å². The molecule has 2 aliphatic heterocycles. The van der Waals surface area contributed by atoms with Crippen LogP contribution in [0.3, 0.4) is 0 Å². The molecule has 142 valence electrons. The van der Waals surface area contributed by atoms with Crippen LogP contribution < -0.4 is 0 Å². The van der Waals surface area contributed by atoms with Gasteiger partial charge in [0.2, 0.25) is 5.91 Å². The lowest BCUT2D eigenvalue weighted by molar-refractivity contribution is -0.141. The molecule has 5 heteroatoms. The summed E-state index contributed by atoms with van der Waals surface area (Å²) >= 11 is 0. The van der Waals surface area contributed by atoms with Crippen molar-refractivity contribution in [1.82, 2.24) is 14.7 Å². The first-order valence-electron chi connectivity index (χ1n) is 10.1. The molecule has 3 rings (SSSR count). The first-order valence-corrected chi connectivity index (χ1v) is 10.1. The molecule has 0 N–H and O–H groups in total. The minimum Gasteiger partial charge on any atom is -0.378 e. The molecule has 0 radical (unpaired) electrons. The third-order valence-corrected chi connectivity index (χ3v) is 6.45. The topological polar surface area (TPSA) is 36.0 Å². The first-order chi connectivity index (χ1) is 12.1. The van der Waals surface area contributed by atoms with Gasteiger partial charge in [-0.2, -0.15) is 0 Å². The number of piperazine rings is 1. The molecule has 0 aromatic carbocycles. The highest BCUT2D eigenvalue weighted by Gasteiger charge is 2.31. The van der Waals surface area contributed by atoms with Crippen molar-refractivity contribution in [3.8, 4) is 0 Å². The predicted octanol–water partition coefficient (Wildman–Crippen LogP) is 1.84. The SMILES string of the molecule is CC1=CCC[C@H](C)[C@H]1CN1CCN([C@@H](C)C(=O)N2CCOCC2)CC1. The van der Waals surface area contributed by atoms with E-state index in [0.717, 1.165) is 45.2 Å². The molecular weight excluding hydrogens is 314 g/mol. The minimum absolute atomic E-state index is 0.00418. The van der Waals surface area contributed by atoms with Gasteiger partial charge in [0.1, 0.15) is 0 Å². The van der Waals surface area contributed by atoms with Crippen molar-refractivity contribution in [3.05, 3.63) is 11.6 Å². The van der Waals surface area contributed by atoms with Crippen molar-refractivity contribution in [2.45, 2.75) is 39.7 Å². The molecule has 0 aromatic rings. The lowest BCUT2D eigenvalue weighted by atomic mass is 9.79. The van der Waals surface area contributed by atoms with E-state index in [9.17, 15) is 4.79 Å². The summed E-state index contributed by atoms with van der Waals surface area (Å²) in [5.41, 5.74) is 1.58. The number of carbonyl (C=O) groups is 1. The fourth-order valence-corrected chi connectivity index (χ4v) is 4.51. The highest BCUT2D eigenvalue weighted by atomic mass is 16.5. The normalized spacial score (nSPS) is 30.8. The Hall–Kier alpha value is -0.910. The summed E-state index contributed by atoms with van der Waals surface area (Å²) in [7, 11) is 0. The Kier molecular flexibility index (Phi) is 6.53. The Labute approximate surface area is 153 Å². The maximum absolute atomic E-state index is 12.7. The molecule has 0 bridgehead atoms. The van der Waals surface area contributed by atoms with Crippen LogP contribution in [0.5, 0.6) is 0 Å². The Morgan fingerprint density at radius 3 is 2.52 bits per heavy atom. The summed E-state index contributed by atoms with van der Waals surface area (Å²) in [5.74, 6) is 1.79. The number of amides is 1. The molecule has 2 saturated heterocycles. The van der Waals surface area contributed by atoms with Gasteiger partial charge in [0.15, 0.2) is 0 Å². The molecule has 3 atom stereocenters. The van der Waals surface area contributed by atoms with Crippen LogP contribution in [-0.4, -0.2) is 85.7 Å². The summed E-state index contributed by atoms with van der Waals surface area (Å²) in [4.78, 5) is 19.6. The van der Waals surface area contributed by atoms with E-state index in [-0.39, 0.29) is 11.9 Å². The predicted molar refractivity (Wildman–Crippen MR) is 101 cm³/mol. The fourth-order valence-electron chi connectivity index (χ4n) is 4.51. The number of allylic oxidation sites excluding steroid dienone is 1. The summed E-state index contributed by atoms with van der Waals surface area (Å²) in [6.45, 7) is 15.0. The van der Waals surface area contributed by atoms with Gasteiger partial charge in [-0.15, -0.1) is 0 Å². The minimum atomic E-state index is -0.00418. The number of nitrogens with zero attached hydrogens (tertiary/aromatic N) is 3. The van der Waals surface area contributed by atoms with E-state index in [0.29, 0.717) is 19.1 Å². The number of rotatable bonds is 4. The van der Waals surface area contributed by atoms with E-state index in [1.165, 1.54) is 19.4 Å². The van der Waals surface area contributed by atoms with E-state index in [1.54, 1.807) is 5.57 Å². The lowest BCUT2D eigenvalue weighted by Gasteiger charge is -2.41. The van der Waals surface area contributed by atoms with Crippen molar-refractivity contribution < 1.29 is 9.53 Å². The molecule has 1 amide bonds. The number of hydrogen-bond donors (Lipinski definition) is 0. The molecular formula is C20H35N3O2. The van der Waals surface area contributed by atoms with Crippen molar-refractivity contribution >= 4 is 5.91 Å². The van der Waals surface area contributed by atoms with E-state index in [4.69, 9.17) is 4.74 Å².